The van der Waals surface area contributed by atoms with Crippen LogP contribution in [0.15, 0.2) is 24.3 Å². The van der Waals surface area contributed by atoms with Crippen molar-refractivity contribution in [2.45, 2.75) is 44.8 Å². The maximum Gasteiger partial charge on any atom is 0.240 e. The highest BCUT2D eigenvalue weighted by atomic mass is 32.2. The van der Waals surface area contributed by atoms with Crippen LogP contribution in [0.25, 0.3) is 0 Å². The molecule has 0 spiro atoms. The van der Waals surface area contributed by atoms with Crippen LogP contribution in [0.1, 0.15) is 38.7 Å². The average molecular weight is 363 g/mol. The number of benzene rings is 1. The van der Waals surface area contributed by atoms with E-state index in [0.717, 1.165) is 42.5 Å². The average Bonchev–Trinajstić information content (AvgIpc) is 3.13. The summed E-state index contributed by atoms with van der Waals surface area (Å²) in [6, 6.07) is 8.30. The Morgan fingerprint density at radius 2 is 1.83 bits per heavy atom. The predicted octanol–water partition coefficient (Wildman–Crippen LogP) is 4.10. The molecule has 1 saturated heterocycles. The molecule has 3 rings (SSSR count). The lowest BCUT2D eigenvalue weighted by Gasteiger charge is -2.34. The van der Waals surface area contributed by atoms with Gasteiger partial charge in [0.2, 0.25) is 5.91 Å². The van der Waals surface area contributed by atoms with E-state index in [1.807, 2.05) is 11.0 Å². The standard InChI is InChI=1S/C19H26N2OS2/c1-14(2)17(24-19(23)20-11-5-6-12-20)18(22)21-13-7-9-15-8-3-4-10-16(15)21/h3-4,8,10,14,17H,5-7,9,11-13H2,1-2H3/t17-/m0/s1. The van der Waals surface area contributed by atoms with Crippen LogP contribution < -0.4 is 4.90 Å². The third-order valence-corrected chi connectivity index (χ3v) is 6.82. The van der Waals surface area contributed by atoms with Gasteiger partial charge in [-0.05, 0) is 43.2 Å². The number of likely N-dealkylation sites (tertiary alicyclic amines) is 1. The van der Waals surface area contributed by atoms with Gasteiger partial charge in [-0.1, -0.05) is 56.0 Å². The van der Waals surface area contributed by atoms with Gasteiger partial charge >= 0.3 is 0 Å². The minimum absolute atomic E-state index is 0.107. The molecule has 0 saturated carbocycles. The number of nitrogens with zero attached hydrogens (tertiary/aromatic N) is 2. The Labute approximate surface area is 154 Å². The Balaban J connectivity index is 1.76. The molecule has 5 heteroatoms. The number of carbonyl (C=O) groups is 1. The van der Waals surface area contributed by atoms with Crippen LogP contribution in [0.2, 0.25) is 0 Å². The topological polar surface area (TPSA) is 23.6 Å². The largest absolute Gasteiger partial charge is 0.358 e. The Bertz CT molecular complexity index is 611. The number of amides is 1. The molecule has 0 aliphatic carbocycles. The monoisotopic (exact) mass is 362 g/mol. The van der Waals surface area contributed by atoms with E-state index >= 15 is 0 Å². The number of thioether (sulfide) groups is 1. The zero-order valence-electron chi connectivity index (χ0n) is 14.5. The molecule has 2 aliphatic heterocycles. The van der Waals surface area contributed by atoms with E-state index < -0.39 is 0 Å². The summed E-state index contributed by atoms with van der Waals surface area (Å²) in [5.41, 5.74) is 2.37. The van der Waals surface area contributed by atoms with Gasteiger partial charge in [0.25, 0.3) is 0 Å². The first kappa shape index (κ1) is 17.7. The number of anilines is 1. The van der Waals surface area contributed by atoms with Crippen LogP contribution in [-0.4, -0.2) is 40.0 Å². The number of carbonyl (C=O) groups excluding carboxylic acids is 1. The zero-order valence-corrected chi connectivity index (χ0v) is 16.2. The first-order valence-corrected chi connectivity index (χ1v) is 10.2. The Kier molecular flexibility index (Phi) is 5.82. The van der Waals surface area contributed by atoms with Gasteiger partial charge in [-0.2, -0.15) is 0 Å². The molecule has 130 valence electrons. The fourth-order valence-corrected chi connectivity index (χ4v) is 5.01. The number of fused-ring (bicyclic) bond motifs is 1. The number of rotatable bonds is 3. The summed E-state index contributed by atoms with van der Waals surface area (Å²) in [4.78, 5) is 17.5. The van der Waals surface area contributed by atoms with Crippen molar-refractivity contribution in [2.24, 2.45) is 5.92 Å². The summed E-state index contributed by atoms with van der Waals surface area (Å²) >= 11 is 7.22. The third kappa shape index (κ3) is 3.77. The molecule has 2 aliphatic rings. The minimum atomic E-state index is -0.107. The second-order valence-corrected chi connectivity index (χ2v) is 8.74. The van der Waals surface area contributed by atoms with Crippen molar-refractivity contribution in [2.75, 3.05) is 24.5 Å². The molecule has 24 heavy (non-hydrogen) atoms. The van der Waals surface area contributed by atoms with Gasteiger partial charge in [0.1, 0.15) is 4.32 Å². The molecule has 1 aromatic rings. The highest BCUT2D eigenvalue weighted by Crippen LogP contribution is 2.32. The molecule has 1 amide bonds. The molecule has 1 aromatic carbocycles. The minimum Gasteiger partial charge on any atom is -0.358 e. The molecule has 1 fully saturated rings. The van der Waals surface area contributed by atoms with Gasteiger partial charge < -0.3 is 9.80 Å². The fraction of sp³-hybridized carbons (Fsp3) is 0.579. The highest BCUT2D eigenvalue weighted by Gasteiger charge is 2.33. The molecular formula is C19H26N2OS2. The number of hydrogen-bond donors (Lipinski definition) is 0. The molecule has 3 nitrogen and oxygen atoms in total. The first-order valence-electron chi connectivity index (χ1n) is 8.93. The summed E-state index contributed by atoms with van der Waals surface area (Å²) < 4.78 is 0.893. The Morgan fingerprint density at radius 1 is 1.12 bits per heavy atom. The summed E-state index contributed by atoms with van der Waals surface area (Å²) in [6.45, 7) is 7.14. The number of aryl methyl sites for hydroxylation is 1. The Morgan fingerprint density at radius 3 is 2.54 bits per heavy atom. The molecule has 2 heterocycles. The smallest absolute Gasteiger partial charge is 0.240 e. The number of hydrogen-bond acceptors (Lipinski definition) is 3. The molecule has 0 N–H and O–H groups in total. The SMILES string of the molecule is CC(C)[C@H](SC(=S)N1CCCC1)C(=O)N1CCCc2ccccc21. The lowest BCUT2D eigenvalue weighted by molar-refractivity contribution is -0.118. The lowest BCUT2D eigenvalue weighted by Crippen LogP contribution is -2.44. The van der Waals surface area contributed by atoms with Crippen molar-refractivity contribution in [3.8, 4) is 0 Å². The van der Waals surface area contributed by atoms with Crippen molar-refractivity contribution in [3.05, 3.63) is 29.8 Å². The number of para-hydroxylation sites is 1. The maximum atomic E-state index is 13.3. The van der Waals surface area contributed by atoms with Gasteiger partial charge in [0.05, 0.1) is 5.25 Å². The van der Waals surface area contributed by atoms with Crippen molar-refractivity contribution in [1.82, 2.24) is 4.90 Å². The van der Waals surface area contributed by atoms with Crippen LogP contribution in [0.3, 0.4) is 0 Å². The van der Waals surface area contributed by atoms with E-state index in [-0.39, 0.29) is 17.1 Å². The molecule has 1 atom stereocenters. The van der Waals surface area contributed by atoms with E-state index in [1.54, 1.807) is 11.8 Å². The summed E-state index contributed by atoms with van der Waals surface area (Å²) in [5.74, 6) is 0.473. The predicted molar refractivity (Wildman–Crippen MR) is 107 cm³/mol. The van der Waals surface area contributed by atoms with E-state index in [2.05, 4.69) is 36.9 Å². The fourth-order valence-electron chi connectivity index (χ4n) is 3.47. The third-order valence-electron chi connectivity index (χ3n) is 4.82. The maximum absolute atomic E-state index is 13.3. The normalized spacial score (nSPS) is 18.6. The molecule has 0 unspecified atom stereocenters. The summed E-state index contributed by atoms with van der Waals surface area (Å²) in [6.07, 6.45) is 4.52. The van der Waals surface area contributed by atoms with E-state index in [9.17, 15) is 4.79 Å². The Hall–Kier alpha value is -1.07. The van der Waals surface area contributed by atoms with Gasteiger partial charge in [-0.3, -0.25) is 4.79 Å². The molecule has 0 radical (unpaired) electrons. The van der Waals surface area contributed by atoms with Gasteiger partial charge in [-0.15, -0.1) is 0 Å². The van der Waals surface area contributed by atoms with Crippen LogP contribution in [0.5, 0.6) is 0 Å². The highest BCUT2D eigenvalue weighted by molar-refractivity contribution is 8.23. The van der Waals surface area contributed by atoms with Crippen molar-refractivity contribution in [1.29, 1.82) is 0 Å². The van der Waals surface area contributed by atoms with Crippen molar-refractivity contribution < 1.29 is 4.79 Å². The van der Waals surface area contributed by atoms with Crippen LogP contribution in [0.4, 0.5) is 5.69 Å². The van der Waals surface area contributed by atoms with Crippen LogP contribution in [-0.2, 0) is 11.2 Å². The van der Waals surface area contributed by atoms with E-state index in [4.69, 9.17) is 12.2 Å². The van der Waals surface area contributed by atoms with Crippen LogP contribution >= 0.6 is 24.0 Å². The van der Waals surface area contributed by atoms with E-state index in [0.29, 0.717) is 0 Å². The first-order chi connectivity index (χ1) is 11.6. The van der Waals surface area contributed by atoms with Gasteiger partial charge in [0.15, 0.2) is 0 Å². The zero-order chi connectivity index (χ0) is 17.1. The second-order valence-electron chi connectivity index (χ2n) is 6.96. The molecule has 0 bridgehead atoms. The quantitative estimate of drug-likeness (QED) is 0.755. The number of thiocarbonyl (C=S) groups is 1. The van der Waals surface area contributed by atoms with Gasteiger partial charge in [-0.25, -0.2) is 0 Å². The lowest BCUT2D eigenvalue weighted by atomic mass is 10.0. The van der Waals surface area contributed by atoms with Gasteiger partial charge in [0, 0.05) is 25.3 Å². The molecule has 0 aromatic heterocycles. The van der Waals surface area contributed by atoms with Crippen LogP contribution in [0, 0.1) is 5.92 Å². The molecular weight excluding hydrogens is 336 g/mol. The summed E-state index contributed by atoms with van der Waals surface area (Å²) in [5, 5.41) is -0.107. The second kappa shape index (κ2) is 7.87. The van der Waals surface area contributed by atoms with E-state index in [1.165, 1.54) is 18.4 Å². The van der Waals surface area contributed by atoms with Crippen molar-refractivity contribution >= 4 is 39.9 Å². The summed E-state index contributed by atoms with van der Waals surface area (Å²) in [7, 11) is 0. The van der Waals surface area contributed by atoms with Crippen molar-refractivity contribution in [3.63, 3.8) is 0 Å².